The first-order chi connectivity index (χ1) is 12.1. The molecule has 1 saturated heterocycles. The number of nitrogens with one attached hydrogen (secondary N) is 2. The van der Waals surface area contributed by atoms with Crippen molar-refractivity contribution in [2.24, 2.45) is 7.05 Å². The summed E-state index contributed by atoms with van der Waals surface area (Å²) >= 11 is 0. The molecule has 3 rings (SSSR count). The summed E-state index contributed by atoms with van der Waals surface area (Å²) in [5.41, 5.74) is 3.03. The Labute approximate surface area is 148 Å². The second-order valence-electron chi connectivity index (χ2n) is 6.44. The standard InChI is InChI=1S/C18H25N7/c1-13-14(7-16(9-19)24(13)3)10-21-11-15-5-4-6-25(15)18-8-17(20-2)22-12-23-18/h7-8,12,15,21H,4-6,10-11H2,1-3H3,(H,20,22,23). The Bertz CT molecular complexity index is 774. The van der Waals surface area contributed by atoms with Gasteiger partial charge in [0, 0.05) is 51.5 Å². The van der Waals surface area contributed by atoms with Gasteiger partial charge in [0.1, 0.15) is 29.7 Å². The van der Waals surface area contributed by atoms with Crippen molar-refractivity contribution in [1.29, 1.82) is 5.26 Å². The highest BCUT2D eigenvalue weighted by atomic mass is 15.2. The number of rotatable bonds is 6. The average Bonchev–Trinajstić information content (AvgIpc) is 3.21. The van der Waals surface area contributed by atoms with Crippen molar-refractivity contribution in [1.82, 2.24) is 19.9 Å². The van der Waals surface area contributed by atoms with E-state index in [2.05, 4.69) is 38.5 Å². The molecule has 0 spiro atoms. The predicted molar refractivity (Wildman–Crippen MR) is 98.5 cm³/mol. The van der Waals surface area contributed by atoms with Crippen LogP contribution in [0.25, 0.3) is 0 Å². The van der Waals surface area contributed by atoms with Crippen LogP contribution in [0, 0.1) is 18.3 Å². The van der Waals surface area contributed by atoms with Gasteiger partial charge in [-0.2, -0.15) is 5.26 Å². The number of hydrogen-bond acceptors (Lipinski definition) is 6. The van der Waals surface area contributed by atoms with Gasteiger partial charge in [0.25, 0.3) is 0 Å². The van der Waals surface area contributed by atoms with Gasteiger partial charge < -0.3 is 20.1 Å². The second-order valence-corrected chi connectivity index (χ2v) is 6.44. The summed E-state index contributed by atoms with van der Waals surface area (Å²) in [4.78, 5) is 11.0. The maximum Gasteiger partial charge on any atom is 0.134 e. The van der Waals surface area contributed by atoms with Crippen LogP contribution in [0.1, 0.15) is 29.8 Å². The van der Waals surface area contributed by atoms with Gasteiger partial charge in [0.05, 0.1) is 0 Å². The molecule has 7 heteroatoms. The minimum Gasteiger partial charge on any atom is -0.373 e. The van der Waals surface area contributed by atoms with Gasteiger partial charge in [0.15, 0.2) is 0 Å². The second kappa shape index (κ2) is 7.53. The van der Waals surface area contributed by atoms with Gasteiger partial charge in [-0.05, 0) is 31.4 Å². The number of anilines is 2. The van der Waals surface area contributed by atoms with Crippen LogP contribution in [-0.4, -0.2) is 40.7 Å². The molecule has 0 bridgehead atoms. The zero-order valence-electron chi connectivity index (χ0n) is 15.1. The Morgan fingerprint density at radius 2 is 2.20 bits per heavy atom. The third-order valence-electron chi connectivity index (χ3n) is 5.03. The van der Waals surface area contributed by atoms with Crippen molar-refractivity contribution in [3.8, 4) is 6.07 Å². The molecule has 0 amide bonds. The van der Waals surface area contributed by atoms with Gasteiger partial charge in [0.2, 0.25) is 0 Å². The van der Waals surface area contributed by atoms with E-state index < -0.39 is 0 Å². The molecule has 1 aliphatic heterocycles. The number of aromatic nitrogens is 3. The fraction of sp³-hybridized carbons (Fsp3) is 0.500. The average molecular weight is 339 g/mol. The Morgan fingerprint density at radius 3 is 2.92 bits per heavy atom. The summed E-state index contributed by atoms with van der Waals surface area (Å²) in [6.07, 6.45) is 3.94. The van der Waals surface area contributed by atoms with Crippen LogP contribution in [0.2, 0.25) is 0 Å². The van der Waals surface area contributed by atoms with Crippen LogP contribution in [0.3, 0.4) is 0 Å². The highest BCUT2D eigenvalue weighted by Crippen LogP contribution is 2.24. The third kappa shape index (κ3) is 3.59. The Hall–Kier alpha value is -2.59. The molecule has 1 fully saturated rings. The van der Waals surface area contributed by atoms with Crippen LogP contribution < -0.4 is 15.5 Å². The summed E-state index contributed by atoms with van der Waals surface area (Å²) in [6, 6.07) is 6.63. The maximum absolute atomic E-state index is 9.14. The smallest absolute Gasteiger partial charge is 0.134 e. The Balaban J connectivity index is 1.62. The molecule has 2 aromatic rings. The first-order valence-corrected chi connectivity index (χ1v) is 8.66. The molecule has 2 aromatic heterocycles. The molecule has 132 valence electrons. The van der Waals surface area contributed by atoms with E-state index in [1.807, 2.05) is 30.8 Å². The van der Waals surface area contributed by atoms with Gasteiger partial charge in [-0.1, -0.05) is 0 Å². The molecular weight excluding hydrogens is 314 g/mol. The molecule has 1 atom stereocenters. The quantitative estimate of drug-likeness (QED) is 0.835. The summed E-state index contributed by atoms with van der Waals surface area (Å²) in [5.74, 6) is 1.82. The zero-order valence-corrected chi connectivity index (χ0v) is 15.1. The lowest BCUT2D eigenvalue weighted by Gasteiger charge is -2.26. The van der Waals surface area contributed by atoms with Crippen molar-refractivity contribution < 1.29 is 0 Å². The normalized spacial score (nSPS) is 16.9. The Morgan fingerprint density at radius 1 is 1.36 bits per heavy atom. The molecule has 0 saturated carbocycles. The van der Waals surface area contributed by atoms with Crippen molar-refractivity contribution in [2.75, 3.05) is 30.4 Å². The fourth-order valence-corrected chi connectivity index (χ4v) is 3.41. The fourth-order valence-electron chi connectivity index (χ4n) is 3.41. The first-order valence-electron chi connectivity index (χ1n) is 8.66. The summed E-state index contributed by atoms with van der Waals surface area (Å²) in [6.45, 7) is 4.75. The molecule has 0 aliphatic carbocycles. The molecule has 0 aromatic carbocycles. The lowest BCUT2D eigenvalue weighted by Crippen LogP contribution is -2.38. The molecule has 2 N–H and O–H groups in total. The first kappa shape index (κ1) is 17.2. The molecule has 1 unspecified atom stereocenters. The van der Waals surface area contributed by atoms with E-state index in [1.54, 1.807) is 6.33 Å². The largest absolute Gasteiger partial charge is 0.373 e. The van der Waals surface area contributed by atoms with E-state index in [4.69, 9.17) is 5.26 Å². The lowest BCUT2D eigenvalue weighted by molar-refractivity contribution is 0.569. The lowest BCUT2D eigenvalue weighted by atomic mass is 10.2. The van der Waals surface area contributed by atoms with E-state index in [-0.39, 0.29) is 0 Å². The van der Waals surface area contributed by atoms with E-state index >= 15 is 0 Å². The van der Waals surface area contributed by atoms with E-state index in [1.165, 1.54) is 12.0 Å². The minimum absolute atomic E-state index is 0.430. The van der Waals surface area contributed by atoms with Crippen molar-refractivity contribution in [2.45, 2.75) is 32.4 Å². The Kier molecular flexibility index (Phi) is 5.19. The summed E-state index contributed by atoms with van der Waals surface area (Å²) in [7, 11) is 3.80. The van der Waals surface area contributed by atoms with Crippen molar-refractivity contribution in [3.05, 3.63) is 35.4 Å². The molecule has 25 heavy (non-hydrogen) atoms. The number of nitriles is 1. The van der Waals surface area contributed by atoms with Gasteiger partial charge in [-0.25, -0.2) is 9.97 Å². The minimum atomic E-state index is 0.430. The van der Waals surface area contributed by atoms with Crippen LogP contribution in [0.15, 0.2) is 18.5 Å². The van der Waals surface area contributed by atoms with Crippen LogP contribution >= 0.6 is 0 Å². The van der Waals surface area contributed by atoms with Crippen LogP contribution in [-0.2, 0) is 13.6 Å². The predicted octanol–water partition coefficient (Wildman–Crippen LogP) is 1.80. The van der Waals surface area contributed by atoms with E-state index in [0.717, 1.165) is 43.4 Å². The molecule has 1 aliphatic rings. The topological polar surface area (TPSA) is 81.8 Å². The molecule has 7 nitrogen and oxygen atoms in total. The molecule has 3 heterocycles. The SMILES string of the molecule is CNc1cc(N2CCCC2CNCc2cc(C#N)n(C)c2C)ncn1. The van der Waals surface area contributed by atoms with E-state index in [0.29, 0.717) is 11.7 Å². The summed E-state index contributed by atoms with van der Waals surface area (Å²) < 4.78 is 1.94. The molecular formula is C18H25N7. The molecule has 0 radical (unpaired) electrons. The summed E-state index contributed by atoms with van der Waals surface area (Å²) in [5, 5.41) is 15.8. The van der Waals surface area contributed by atoms with Crippen LogP contribution in [0.5, 0.6) is 0 Å². The van der Waals surface area contributed by atoms with Crippen molar-refractivity contribution >= 4 is 11.6 Å². The third-order valence-corrected chi connectivity index (χ3v) is 5.03. The number of nitrogens with zero attached hydrogens (tertiary/aromatic N) is 5. The highest BCUT2D eigenvalue weighted by Gasteiger charge is 2.25. The van der Waals surface area contributed by atoms with Crippen molar-refractivity contribution in [3.63, 3.8) is 0 Å². The van der Waals surface area contributed by atoms with Crippen LogP contribution in [0.4, 0.5) is 11.6 Å². The van der Waals surface area contributed by atoms with E-state index in [9.17, 15) is 0 Å². The van der Waals surface area contributed by atoms with Gasteiger partial charge in [-0.3, -0.25) is 0 Å². The van der Waals surface area contributed by atoms with Gasteiger partial charge in [-0.15, -0.1) is 0 Å². The number of hydrogen-bond donors (Lipinski definition) is 2. The maximum atomic E-state index is 9.14. The zero-order chi connectivity index (χ0) is 17.8. The van der Waals surface area contributed by atoms with Gasteiger partial charge >= 0.3 is 0 Å². The highest BCUT2D eigenvalue weighted by molar-refractivity contribution is 5.49. The monoisotopic (exact) mass is 339 g/mol.